The van der Waals surface area contributed by atoms with Crippen molar-refractivity contribution in [3.63, 3.8) is 0 Å². The highest BCUT2D eigenvalue weighted by molar-refractivity contribution is 5.86. The van der Waals surface area contributed by atoms with Crippen LogP contribution in [0.3, 0.4) is 0 Å². The molecule has 0 aliphatic heterocycles. The molecule has 0 radical (unpaired) electrons. The maximum atomic E-state index is 11.4. The molecule has 0 aromatic rings. The van der Waals surface area contributed by atoms with Gasteiger partial charge in [0.1, 0.15) is 5.60 Å². The van der Waals surface area contributed by atoms with Crippen LogP contribution in [0.5, 0.6) is 0 Å². The molecular weight excluding hydrogens is 152 g/mol. The first-order valence-electron chi connectivity index (χ1n) is 4.13. The van der Waals surface area contributed by atoms with Crippen LogP contribution in [0.2, 0.25) is 0 Å². The molecule has 0 fully saturated rings. The zero-order valence-electron chi connectivity index (χ0n) is 8.44. The number of hydrogen-bond donors (Lipinski definition) is 0. The zero-order chi connectivity index (χ0) is 9.78. The van der Waals surface area contributed by atoms with Crippen LogP contribution >= 0.6 is 0 Å². The molecule has 0 spiro atoms. The lowest BCUT2D eigenvalue weighted by atomic mass is 9.98. The molecule has 12 heavy (non-hydrogen) atoms. The number of allylic oxidation sites excluding steroid dienone is 1. The summed E-state index contributed by atoms with van der Waals surface area (Å²) in [6.45, 7) is 9.24. The summed E-state index contributed by atoms with van der Waals surface area (Å²) in [5.41, 5.74) is 0.394. The van der Waals surface area contributed by atoms with E-state index in [4.69, 9.17) is 4.74 Å². The first kappa shape index (κ1) is 11.4. The van der Waals surface area contributed by atoms with Gasteiger partial charge in [-0.2, -0.15) is 0 Å². The third-order valence-electron chi connectivity index (χ3n) is 1.96. The Hall–Kier alpha value is -0.630. The Morgan fingerprint density at radius 2 is 1.92 bits per heavy atom. The summed E-state index contributed by atoms with van der Waals surface area (Å²) >= 11 is 0. The lowest BCUT2D eigenvalue weighted by Crippen LogP contribution is -2.33. The number of ketones is 1. The number of rotatable bonds is 5. The molecule has 0 unspecified atom stereocenters. The molecule has 0 heterocycles. The van der Waals surface area contributed by atoms with E-state index in [-0.39, 0.29) is 5.78 Å². The Balaban J connectivity index is 3.96. The Morgan fingerprint density at radius 3 is 2.25 bits per heavy atom. The fraction of sp³-hybridized carbons (Fsp3) is 0.700. The molecule has 0 saturated heterocycles. The van der Waals surface area contributed by atoms with Crippen LogP contribution in [-0.4, -0.2) is 18.5 Å². The number of hydrogen-bond acceptors (Lipinski definition) is 2. The van der Waals surface area contributed by atoms with E-state index < -0.39 is 5.60 Å². The summed E-state index contributed by atoms with van der Waals surface area (Å²) in [6.07, 6.45) is 1.28. The quantitative estimate of drug-likeness (QED) is 0.592. The lowest BCUT2D eigenvalue weighted by Gasteiger charge is -2.20. The van der Waals surface area contributed by atoms with Crippen molar-refractivity contribution in [1.82, 2.24) is 0 Å². The van der Waals surface area contributed by atoms with Crippen molar-refractivity contribution in [2.75, 3.05) is 7.11 Å². The number of carbonyl (C=O) groups excluding carboxylic acids is 1. The molecule has 0 rings (SSSR count). The van der Waals surface area contributed by atoms with Crippen molar-refractivity contribution in [2.24, 2.45) is 0 Å². The van der Waals surface area contributed by atoms with E-state index in [1.54, 1.807) is 21.0 Å². The first-order valence-corrected chi connectivity index (χ1v) is 4.13. The maximum absolute atomic E-state index is 11.4. The Morgan fingerprint density at radius 1 is 1.42 bits per heavy atom. The van der Waals surface area contributed by atoms with Crippen molar-refractivity contribution in [3.05, 3.63) is 12.2 Å². The van der Waals surface area contributed by atoms with Crippen LogP contribution in [0.1, 0.15) is 33.6 Å². The number of ether oxygens (including phenoxy) is 1. The van der Waals surface area contributed by atoms with Gasteiger partial charge in [-0.3, -0.25) is 4.79 Å². The Bertz CT molecular complexity index is 180. The molecule has 0 aromatic heterocycles. The van der Waals surface area contributed by atoms with Gasteiger partial charge in [0.15, 0.2) is 5.78 Å². The summed E-state index contributed by atoms with van der Waals surface area (Å²) < 4.78 is 5.05. The van der Waals surface area contributed by atoms with Gasteiger partial charge in [0, 0.05) is 13.5 Å². The Kier molecular flexibility index (Phi) is 4.18. The average Bonchev–Trinajstić information content (AvgIpc) is 2.00. The third kappa shape index (κ3) is 3.67. The molecule has 0 saturated carbocycles. The van der Waals surface area contributed by atoms with Gasteiger partial charge in [-0.25, -0.2) is 0 Å². The molecule has 0 atom stereocenters. The van der Waals surface area contributed by atoms with Crippen LogP contribution in [0, 0.1) is 0 Å². The second-order valence-electron chi connectivity index (χ2n) is 3.59. The van der Waals surface area contributed by atoms with Gasteiger partial charge in [0.25, 0.3) is 0 Å². The summed E-state index contributed by atoms with van der Waals surface area (Å²) in [4.78, 5) is 11.4. The van der Waals surface area contributed by atoms with Gasteiger partial charge < -0.3 is 4.74 Å². The highest BCUT2D eigenvalue weighted by Crippen LogP contribution is 2.14. The summed E-state index contributed by atoms with van der Waals surface area (Å²) in [7, 11) is 1.55. The highest BCUT2D eigenvalue weighted by atomic mass is 16.5. The second kappa shape index (κ2) is 4.41. The van der Waals surface area contributed by atoms with Gasteiger partial charge in [0.05, 0.1) is 0 Å². The van der Waals surface area contributed by atoms with E-state index in [0.717, 1.165) is 12.0 Å². The van der Waals surface area contributed by atoms with Crippen LogP contribution < -0.4 is 0 Å². The van der Waals surface area contributed by atoms with Crippen molar-refractivity contribution in [3.8, 4) is 0 Å². The van der Waals surface area contributed by atoms with E-state index in [2.05, 4.69) is 6.58 Å². The largest absolute Gasteiger partial charge is 0.371 e. The predicted molar refractivity (Wildman–Crippen MR) is 50.1 cm³/mol. The Labute approximate surface area is 74.6 Å². The molecule has 70 valence electrons. The summed E-state index contributed by atoms with van der Waals surface area (Å²) in [6, 6.07) is 0. The van der Waals surface area contributed by atoms with E-state index in [1.165, 1.54) is 0 Å². The van der Waals surface area contributed by atoms with Gasteiger partial charge in [-0.15, -0.1) is 6.58 Å². The molecule has 2 nitrogen and oxygen atoms in total. The first-order chi connectivity index (χ1) is 5.40. The summed E-state index contributed by atoms with van der Waals surface area (Å²) in [5.74, 6) is 0.132. The van der Waals surface area contributed by atoms with Gasteiger partial charge in [-0.05, 0) is 27.2 Å². The molecule has 0 amide bonds. The molecule has 0 aromatic carbocycles. The van der Waals surface area contributed by atoms with Crippen LogP contribution in [-0.2, 0) is 9.53 Å². The minimum absolute atomic E-state index is 0.132. The van der Waals surface area contributed by atoms with Gasteiger partial charge >= 0.3 is 0 Å². The van der Waals surface area contributed by atoms with Crippen LogP contribution in [0.25, 0.3) is 0 Å². The second-order valence-corrected chi connectivity index (χ2v) is 3.59. The van der Waals surface area contributed by atoms with Crippen molar-refractivity contribution in [1.29, 1.82) is 0 Å². The van der Waals surface area contributed by atoms with Crippen LogP contribution in [0.15, 0.2) is 12.2 Å². The monoisotopic (exact) mass is 170 g/mol. The molecule has 2 heteroatoms. The molecule has 0 bridgehead atoms. The number of methoxy groups -OCH3 is 1. The number of Topliss-reactive ketones (excluding diaryl/α,β-unsaturated/α-hetero) is 1. The van der Waals surface area contributed by atoms with E-state index in [9.17, 15) is 4.79 Å². The fourth-order valence-corrected chi connectivity index (χ4v) is 0.742. The summed E-state index contributed by atoms with van der Waals surface area (Å²) in [5, 5.41) is 0. The minimum Gasteiger partial charge on any atom is -0.371 e. The topological polar surface area (TPSA) is 26.3 Å². The molecule has 0 aliphatic carbocycles. The third-order valence-corrected chi connectivity index (χ3v) is 1.96. The van der Waals surface area contributed by atoms with E-state index in [1.807, 2.05) is 6.92 Å². The van der Waals surface area contributed by atoms with Crippen LogP contribution in [0.4, 0.5) is 0 Å². The minimum atomic E-state index is -0.643. The fourth-order valence-electron chi connectivity index (χ4n) is 0.742. The van der Waals surface area contributed by atoms with Crippen molar-refractivity contribution >= 4 is 5.78 Å². The van der Waals surface area contributed by atoms with Gasteiger partial charge in [-0.1, -0.05) is 5.57 Å². The normalized spacial score (nSPS) is 11.3. The maximum Gasteiger partial charge on any atom is 0.164 e. The standard InChI is InChI=1S/C10H18O2/c1-8(2)6-7-9(11)10(3,4)12-5/h1,6-7H2,2-5H3. The molecule has 0 N–H and O–H groups in total. The van der Waals surface area contributed by atoms with Crippen molar-refractivity contribution < 1.29 is 9.53 Å². The predicted octanol–water partition coefficient (Wildman–Crippen LogP) is 2.34. The SMILES string of the molecule is C=C(C)CCC(=O)C(C)(C)OC. The lowest BCUT2D eigenvalue weighted by molar-refractivity contribution is -0.137. The average molecular weight is 170 g/mol. The molecular formula is C10H18O2. The zero-order valence-corrected chi connectivity index (χ0v) is 8.44. The number of carbonyl (C=O) groups is 1. The van der Waals surface area contributed by atoms with E-state index >= 15 is 0 Å². The highest BCUT2D eigenvalue weighted by Gasteiger charge is 2.25. The molecule has 0 aliphatic rings. The smallest absolute Gasteiger partial charge is 0.164 e. The van der Waals surface area contributed by atoms with Gasteiger partial charge in [0.2, 0.25) is 0 Å². The van der Waals surface area contributed by atoms with Crippen molar-refractivity contribution in [2.45, 2.75) is 39.2 Å². The van der Waals surface area contributed by atoms with E-state index in [0.29, 0.717) is 6.42 Å².